The minimum Gasteiger partial charge on any atom is -0.326 e. The maximum absolute atomic E-state index is 11.8. The zero-order valence-corrected chi connectivity index (χ0v) is 14.9. The molecule has 2 amide bonds. The number of benzene rings is 2. The SMILES string of the molecule is C/C(=N/NC(=O)CCC(=O)Nc1cccc(Cl)c1)c1ccc(C)cc1. The predicted molar refractivity (Wildman–Crippen MR) is 101 cm³/mol. The maximum atomic E-state index is 11.8. The number of hydrogen-bond donors (Lipinski definition) is 2. The van der Waals surface area contributed by atoms with E-state index in [0.717, 1.165) is 11.1 Å². The average Bonchev–Trinajstić information content (AvgIpc) is 2.58. The van der Waals surface area contributed by atoms with Gasteiger partial charge in [0.2, 0.25) is 11.8 Å². The predicted octanol–water partition coefficient (Wildman–Crippen LogP) is 3.91. The Kier molecular flexibility index (Phi) is 6.71. The Bertz CT molecular complexity index is 786. The van der Waals surface area contributed by atoms with Gasteiger partial charge in [0.15, 0.2) is 0 Å². The Morgan fingerprint density at radius 1 is 1.04 bits per heavy atom. The first-order chi connectivity index (χ1) is 11.9. The van der Waals surface area contributed by atoms with Gasteiger partial charge in [0.25, 0.3) is 0 Å². The molecule has 0 aliphatic rings. The number of anilines is 1. The van der Waals surface area contributed by atoms with Crippen molar-refractivity contribution in [2.75, 3.05) is 5.32 Å². The highest BCUT2D eigenvalue weighted by Gasteiger charge is 2.07. The molecule has 0 aliphatic carbocycles. The van der Waals surface area contributed by atoms with Gasteiger partial charge < -0.3 is 5.32 Å². The summed E-state index contributed by atoms with van der Waals surface area (Å²) in [5.41, 5.74) is 5.87. The van der Waals surface area contributed by atoms with Gasteiger partial charge >= 0.3 is 0 Å². The first-order valence-corrected chi connectivity index (χ1v) is 8.27. The lowest BCUT2D eigenvalue weighted by Gasteiger charge is -2.06. The Labute approximate surface area is 152 Å². The maximum Gasteiger partial charge on any atom is 0.240 e. The molecule has 2 aromatic carbocycles. The van der Waals surface area contributed by atoms with E-state index in [-0.39, 0.29) is 24.7 Å². The summed E-state index contributed by atoms with van der Waals surface area (Å²) < 4.78 is 0. The second kappa shape index (κ2) is 8.99. The minimum atomic E-state index is -0.312. The van der Waals surface area contributed by atoms with Crippen LogP contribution in [0.4, 0.5) is 5.69 Å². The Hall–Kier alpha value is -2.66. The number of hydrogen-bond acceptors (Lipinski definition) is 3. The van der Waals surface area contributed by atoms with Gasteiger partial charge in [0.1, 0.15) is 0 Å². The first kappa shape index (κ1) is 18.7. The van der Waals surface area contributed by atoms with Gasteiger partial charge in [0.05, 0.1) is 5.71 Å². The van der Waals surface area contributed by atoms with Gasteiger partial charge in [-0.05, 0) is 37.6 Å². The lowest BCUT2D eigenvalue weighted by molar-refractivity contribution is -0.124. The smallest absolute Gasteiger partial charge is 0.240 e. The number of carbonyl (C=O) groups excluding carboxylic acids is 2. The quantitative estimate of drug-likeness (QED) is 0.607. The normalized spacial score (nSPS) is 11.1. The van der Waals surface area contributed by atoms with Crippen LogP contribution >= 0.6 is 11.6 Å². The molecule has 5 nitrogen and oxygen atoms in total. The molecule has 0 spiro atoms. The van der Waals surface area contributed by atoms with Crippen molar-refractivity contribution in [2.24, 2.45) is 5.10 Å². The second-order valence-corrected chi connectivity index (χ2v) is 6.09. The summed E-state index contributed by atoms with van der Waals surface area (Å²) in [5, 5.41) is 7.30. The van der Waals surface area contributed by atoms with Crippen molar-refractivity contribution in [3.63, 3.8) is 0 Å². The van der Waals surface area contributed by atoms with E-state index < -0.39 is 0 Å². The zero-order chi connectivity index (χ0) is 18.2. The summed E-state index contributed by atoms with van der Waals surface area (Å²) in [7, 11) is 0. The number of nitrogens with one attached hydrogen (secondary N) is 2. The summed E-state index contributed by atoms with van der Waals surface area (Å²) in [4.78, 5) is 23.7. The molecule has 0 radical (unpaired) electrons. The average molecular weight is 358 g/mol. The number of carbonyl (C=O) groups is 2. The zero-order valence-electron chi connectivity index (χ0n) is 14.2. The van der Waals surface area contributed by atoms with Crippen LogP contribution in [0.3, 0.4) is 0 Å². The molecule has 6 heteroatoms. The number of rotatable bonds is 6. The molecule has 0 saturated carbocycles. The molecular formula is C19H20ClN3O2. The third-order valence-corrected chi connectivity index (χ3v) is 3.74. The highest BCUT2D eigenvalue weighted by atomic mass is 35.5. The van der Waals surface area contributed by atoms with E-state index in [2.05, 4.69) is 15.8 Å². The van der Waals surface area contributed by atoms with Gasteiger partial charge in [-0.3, -0.25) is 9.59 Å². The van der Waals surface area contributed by atoms with Crippen molar-refractivity contribution in [3.05, 3.63) is 64.7 Å². The number of aryl methyl sites for hydroxylation is 1. The van der Waals surface area contributed by atoms with Crippen molar-refractivity contribution < 1.29 is 9.59 Å². The molecule has 2 N–H and O–H groups in total. The molecule has 25 heavy (non-hydrogen) atoms. The fraction of sp³-hybridized carbons (Fsp3) is 0.211. The largest absolute Gasteiger partial charge is 0.326 e. The minimum absolute atomic E-state index is 0.0527. The Morgan fingerprint density at radius 3 is 2.40 bits per heavy atom. The second-order valence-electron chi connectivity index (χ2n) is 5.66. The van der Waals surface area contributed by atoms with Gasteiger partial charge in [-0.25, -0.2) is 5.43 Å². The van der Waals surface area contributed by atoms with Crippen LogP contribution < -0.4 is 10.7 Å². The standard InChI is InChI=1S/C19H20ClN3O2/c1-13-6-8-15(9-7-13)14(2)22-23-19(25)11-10-18(24)21-17-5-3-4-16(20)12-17/h3-9,12H,10-11H2,1-2H3,(H,21,24)(H,23,25)/b22-14-. The Morgan fingerprint density at radius 2 is 1.72 bits per heavy atom. The van der Waals surface area contributed by atoms with Crippen molar-refractivity contribution in [1.29, 1.82) is 0 Å². The van der Waals surface area contributed by atoms with Crippen molar-refractivity contribution >= 4 is 34.8 Å². The van der Waals surface area contributed by atoms with Gasteiger partial charge in [0, 0.05) is 23.6 Å². The van der Waals surface area contributed by atoms with E-state index in [1.807, 2.05) is 38.1 Å². The van der Waals surface area contributed by atoms with E-state index in [9.17, 15) is 9.59 Å². The summed E-state index contributed by atoms with van der Waals surface area (Å²) in [5.74, 6) is -0.565. The molecule has 0 fully saturated rings. The Balaban J connectivity index is 1.79. The molecule has 0 saturated heterocycles. The van der Waals surface area contributed by atoms with Crippen LogP contribution in [0.15, 0.2) is 53.6 Å². The lowest BCUT2D eigenvalue weighted by Crippen LogP contribution is -2.21. The number of hydrazone groups is 1. The van der Waals surface area contributed by atoms with Crippen LogP contribution in [0.25, 0.3) is 0 Å². The molecule has 0 bridgehead atoms. The van der Waals surface area contributed by atoms with Crippen LogP contribution in [-0.2, 0) is 9.59 Å². The third-order valence-electron chi connectivity index (χ3n) is 3.51. The molecule has 130 valence electrons. The van der Waals surface area contributed by atoms with Crippen LogP contribution in [0.1, 0.15) is 30.9 Å². The van der Waals surface area contributed by atoms with E-state index in [1.165, 1.54) is 0 Å². The molecule has 0 unspecified atom stereocenters. The monoisotopic (exact) mass is 357 g/mol. The fourth-order valence-corrected chi connectivity index (χ4v) is 2.27. The topological polar surface area (TPSA) is 70.6 Å². The first-order valence-electron chi connectivity index (χ1n) is 7.89. The van der Waals surface area contributed by atoms with E-state index in [1.54, 1.807) is 24.3 Å². The van der Waals surface area contributed by atoms with E-state index >= 15 is 0 Å². The van der Waals surface area contributed by atoms with Gasteiger partial charge in [-0.2, -0.15) is 5.10 Å². The lowest BCUT2D eigenvalue weighted by atomic mass is 10.1. The van der Waals surface area contributed by atoms with E-state index in [0.29, 0.717) is 16.4 Å². The highest BCUT2D eigenvalue weighted by molar-refractivity contribution is 6.30. The number of halogens is 1. The van der Waals surface area contributed by atoms with Gasteiger partial charge in [-0.1, -0.05) is 47.5 Å². The fourth-order valence-electron chi connectivity index (χ4n) is 2.08. The number of nitrogens with zero attached hydrogens (tertiary/aromatic N) is 1. The molecule has 0 aliphatic heterocycles. The van der Waals surface area contributed by atoms with Crippen molar-refractivity contribution in [1.82, 2.24) is 5.43 Å². The van der Waals surface area contributed by atoms with Crippen LogP contribution in [-0.4, -0.2) is 17.5 Å². The molecular weight excluding hydrogens is 338 g/mol. The van der Waals surface area contributed by atoms with Crippen LogP contribution in [0, 0.1) is 6.92 Å². The number of amides is 2. The third kappa shape index (κ3) is 6.39. The summed E-state index contributed by atoms with van der Waals surface area (Å²) in [6, 6.07) is 14.7. The molecule has 0 aromatic heterocycles. The molecule has 2 rings (SSSR count). The summed E-state index contributed by atoms with van der Waals surface area (Å²) in [6.07, 6.45) is 0.120. The van der Waals surface area contributed by atoms with Crippen molar-refractivity contribution in [2.45, 2.75) is 26.7 Å². The van der Waals surface area contributed by atoms with Crippen molar-refractivity contribution in [3.8, 4) is 0 Å². The van der Waals surface area contributed by atoms with E-state index in [4.69, 9.17) is 11.6 Å². The summed E-state index contributed by atoms with van der Waals surface area (Å²) >= 11 is 5.86. The summed E-state index contributed by atoms with van der Waals surface area (Å²) in [6.45, 7) is 3.82. The van der Waals surface area contributed by atoms with Gasteiger partial charge in [-0.15, -0.1) is 0 Å². The van der Waals surface area contributed by atoms with Crippen LogP contribution in [0.2, 0.25) is 5.02 Å². The highest BCUT2D eigenvalue weighted by Crippen LogP contribution is 2.15. The molecule has 0 atom stereocenters. The molecule has 2 aromatic rings. The van der Waals surface area contributed by atoms with Crippen LogP contribution in [0.5, 0.6) is 0 Å². The molecule has 0 heterocycles.